The van der Waals surface area contributed by atoms with Gasteiger partial charge in [-0.2, -0.15) is 0 Å². The third-order valence-electron chi connectivity index (χ3n) is 4.92. The average Bonchev–Trinajstić information content (AvgIpc) is 3.00. The van der Waals surface area contributed by atoms with Crippen LogP contribution in [0.4, 0.5) is 5.69 Å². The van der Waals surface area contributed by atoms with Crippen LogP contribution in [0.1, 0.15) is 41.8 Å². The monoisotopic (exact) mass is 380 g/mol. The number of carbonyl (C=O) groups is 1. The molecule has 0 amide bonds. The van der Waals surface area contributed by atoms with Crippen LogP contribution in [-0.2, 0) is 24.3 Å². The number of aromatic nitrogens is 1. The number of benzene rings is 2. The van der Waals surface area contributed by atoms with Crippen LogP contribution in [0.3, 0.4) is 0 Å². The van der Waals surface area contributed by atoms with Crippen molar-refractivity contribution in [2.45, 2.75) is 39.8 Å². The number of nitrogens with two attached hydrogens (primary N) is 1. The Morgan fingerprint density at radius 1 is 1.18 bits per heavy atom. The van der Waals surface area contributed by atoms with E-state index in [1.54, 1.807) is 24.3 Å². The van der Waals surface area contributed by atoms with E-state index in [-0.39, 0.29) is 5.56 Å². The van der Waals surface area contributed by atoms with Gasteiger partial charge in [-0.15, -0.1) is 0 Å². The number of hydrogen-bond acceptors (Lipinski definition) is 3. The summed E-state index contributed by atoms with van der Waals surface area (Å²) in [6, 6.07) is 12.9. The molecule has 0 saturated heterocycles. The van der Waals surface area contributed by atoms with E-state index >= 15 is 0 Å². The Balaban J connectivity index is 1.63. The van der Waals surface area contributed by atoms with Crippen molar-refractivity contribution in [1.82, 2.24) is 4.57 Å². The summed E-state index contributed by atoms with van der Waals surface area (Å²) in [5.41, 5.74) is 10.5. The van der Waals surface area contributed by atoms with E-state index in [0.717, 1.165) is 30.6 Å². The molecule has 148 valence electrons. The molecule has 0 aliphatic carbocycles. The fraction of sp³-hybridized carbons (Fsp3) is 0.348. The van der Waals surface area contributed by atoms with Gasteiger partial charge in [-0.1, -0.05) is 26.0 Å². The summed E-state index contributed by atoms with van der Waals surface area (Å²) in [7, 11) is 0. The molecule has 0 radical (unpaired) electrons. The van der Waals surface area contributed by atoms with Crippen LogP contribution in [0, 0.1) is 5.92 Å². The van der Waals surface area contributed by atoms with Crippen LogP contribution < -0.4 is 5.73 Å². The van der Waals surface area contributed by atoms with Crippen LogP contribution in [0.15, 0.2) is 48.7 Å². The molecule has 5 heteroatoms. The maximum atomic E-state index is 10.9. The minimum Gasteiger partial charge on any atom is -0.478 e. The number of carboxylic acid groups (broad SMARTS) is 1. The van der Waals surface area contributed by atoms with E-state index in [4.69, 9.17) is 15.6 Å². The summed E-state index contributed by atoms with van der Waals surface area (Å²) in [6.45, 7) is 6.53. The Labute approximate surface area is 165 Å². The van der Waals surface area contributed by atoms with Gasteiger partial charge in [0, 0.05) is 29.3 Å². The smallest absolute Gasteiger partial charge is 0.335 e. The van der Waals surface area contributed by atoms with Crippen LogP contribution in [-0.4, -0.2) is 22.2 Å². The number of nitrogens with zero attached hydrogens (tertiary/aromatic N) is 1. The van der Waals surface area contributed by atoms with Gasteiger partial charge < -0.3 is 20.1 Å². The van der Waals surface area contributed by atoms with Gasteiger partial charge >= 0.3 is 5.97 Å². The zero-order valence-corrected chi connectivity index (χ0v) is 16.5. The van der Waals surface area contributed by atoms with E-state index in [0.29, 0.717) is 19.1 Å². The predicted molar refractivity (Wildman–Crippen MR) is 113 cm³/mol. The molecule has 0 spiro atoms. The second-order valence-corrected chi connectivity index (χ2v) is 7.61. The lowest BCUT2D eigenvalue weighted by Crippen LogP contribution is -2.01. The van der Waals surface area contributed by atoms with Gasteiger partial charge in [-0.25, -0.2) is 4.79 Å². The molecule has 0 saturated carbocycles. The first-order chi connectivity index (χ1) is 13.4. The molecule has 1 heterocycles. The minimum absolute atomic E-state index is 0.288. The number of hydrogen-bond donors (Lipinski definition) is 2. The molecule has 28 heavy (non-hydrogen) atoms. The van der Waals surface area contributed by atoms with Gasteiger partial charge in [0.25, 0.3) is 0 Å². The van der Waals surface area contributed by atoms with Crippen LogP contribution in [0.2, 0.25) is 0 Å². The number of anilines is 1. The normalized spacial score (nSPS) is 11.4. The van der Waals surface area contributed by atoms with Crippen molar-refractivity contribution in [3.8, 4) is 0 Å². The van der Waals surface area contributed by atoms with Gasteiger partial charge in [0.15, 0.2) is 0 Å². The first kappa shape index (κ1) is 20.0. The minimum atomic E-state index is -0.916. The third kappa shape index (κ3) is 4.93. The Bertz CT molecular complexity index is 942. The second kappa shape index (κ2) is 8.93. The number of nitrogen functional groups attached to an aromatic ring is 1. The SMILES string of the molecule is CC(C)CCn1cc(CCOCc2ccc(C(=O)O)cc2)c2cc(N)ccc21. The van der Waals surface area contributed by atoms with Gasteiger partial charge in [-0.3, -0.25) is 0 Å². The molecule has 3 N–H and O–H groups in total. The number of fused-ring (bicyclic) bond motifs is 1. The molecule has 3 rings (SSSR count). The van der Waals surface area contributed by atoms with Crippen LogP contribution >= 0.6 is 0 Å². The summed E-state index contributed by atoms with van der Waals surface area (Å²) in [5.74, 6) is -0.258. The fourth-order valence-corrected chi connectivity index (χ4v) is 3.29. The van der Waals surface area contributed by atoms with Gasteiger partial charge in [-0.05, 0) is 60.2 Å². The van der Waals surface area contributed by atoms with E-state index in [1.807, 2.05) is 12.1 Å². The summed E-state index contributed by atoms with van der Waals surface area (Å²) in [6.07, 6.45) is 4.16. The molecular weight excluding hydrogens is 352 g/mol. The lowest BCUT2D eigenvalue weighted by molar-refractivity contribution is 0.0696. The molecule has 3 aromatic rings. The maximum Gasteiger partial charge on any atom is 0.335 e. The van der Waals surface area contributed by atoms with E-state index in [9.17, 15) is 4.79 Å². The lowest BCUT2D eigenvalue weighted by atomic mass is 10.1. The van der Waals surface area contributed by atoms with E-state index in [2.05, 4.69) is 30.7 Å². The summed E-state index contributed by atoms with van der Waals surface area (Å²) >= 11 is 0. The molecular formula is C23H28N2O3. The Morgan fingerprint density at radius 2 is 1.93 bits per heavy atom. The topological polar surface area (TPSA) is 77.5 Å². The summed E-state index contributed by atoms with van der Waals surface area (Å²) < 4.78 is 8.14. The first-order valence-corrected chi connectivity index (χ1v) is 9.71. The fourth-order valence-electron chi connectivity index (χ4n) is 3.29. The molecule has 0 atom stereocenters. The molecule has 0 bridgehead atoms. The molecule has 0 unspecified atom stereocenters. The summed E-state index contributed by atoms with van der Waals surface area (Å²) in [5, 5.41) is 10.1. The standard InChI is InChI=1S/C23H28N2O3/c1-16(2)9-11-25-14-19(21-13-20(24)7-8-22(21)25)10-12-28-15-17-3-5-18(6-4-17)23(26)27/h3-8,13-14,16H,9-12,15,24H2,1-2H3,(H,26,27). The Hall–Kier alpha value is -2.79. The zero-order valence-electron chi connectivity index (χ0n) is 16.5. The first-order valence-electron chi connectivity index (χ1n) is 9.71. The van der Waals surface area contributed by atoms with Crippen molar-refractivity contribution < 1.29 is 14.6 Å². The third-order valence-corrected chi connectivity index (χ3v) is 4.92. The number of aromatic carboxylic acids is 1. The van der Waals surface area contributed by atoms with Gasteiger partial charge in [0.2, 0.25) is 0 Å². The van der Waals surface area contributed by atoms with Crippen LogP contribution in [0.25, 0.3) is 10.9 Å². The summed E-state index contributed by atoms with van der Waals surface area (Å²) in [4.78, 5) is 10.9. The highest BCUT2D eigenvalue weighted by molar-refractivity contribution is 5.87. The Kier molecular flexibility index (Phi) is 6.37. The maximum absolute atomic E-state index is 10.9. The van der Waals surface area contributed by atoms with Crippen LogP contribution in [0.5, 0.6) is 0 Å². The average molecular weight is 380 g/mol. The largest absolute Gasteiger partial charge is 0.478 e. The highest BCUT2D eigenvalue weighted by atomic mass is 16.5. The highest BCUT2D eigenvalue weighted by Gasteiger charge is 2.10. The van der Waals surface area contributed by atoms with E-state index < -0.39 is 5.97 Å². The molecule has 1 aromatic heterocycles. The number of ether oxygens (including phenoxy) is 1. The highest BCUT2D eigenvalue weighted by Crippen LogP contribution is 2.25. The van der Waals surface area contributed by atoms with Crippen molar-refractivity contribution in [3.05, 3.63) is 65.4 Å². The molecule has 0 aliphatic heterocycles. The van der Waals surface area contributed by atoms with Crippen molar-refractivity contribution in [2.75, 3.05) is 12.3 Å². The number of carboxylic acids is 1. The molecule has 0 aliphatic rings. The quantitative estimate of drug-likeness (QED) is 0.416. The predicted octanol–water partition coefficient (Wildman–Crippen LogP) is 4.73. The van der Waals surface area contributed by atoms with Gasteiger partial charge in [0.1, 0.15) is 0 Å². The lowest BCUT2D eigenvalue weighted by Gasteiger charge is -2.07. The number of aryl methyl sites for hydroxylation is 1. The van der Waals surface area contributed by atoms with E-state index in [1.165, 1.54) is 16.5 Å². The Morgan fingerprint density at radius 3 is 2.61 bits per heavy atom. The molecule has 5 nitrogen and oxygen atoms in total. The van der Waals surface area contributed by atoms with Gasteiger partial charge in [0.05, 0.1) is 18.8 Å². The van der Waals surface area contributed by atoms with Crippen molar-refractivity contribution in [2.24, 2.45) is 5.92 Å². The number of rotatable bonds is 9. The van der Waals surface area contributed by atoms with Crippen molar-refractivity contribution >= 4 is 22.6 Å². The molecule has 0 fully saturated rings. The molecule has 2 aromatic carbocycles. The van der Waals surface area contributed by atoms with Crippen molar-refractivity contribution in [1.29, 1.82) is 0 Å². The second-order valence-electron chi connectivity index (χ2n) is 7.61. The zero-order chi connectivity index (χ0) is 20.1. The van der Waals surface area contributed by atoms with Crippen molar-refractivity contribution in [3.63, 3.8) is 0 Å².